The quantitative estimate of drug-likeness (QED) is 0.682. The first-order valence-corrected chi connectivity index (χ1v) is 6.11. The number of hydrogen-bond acceptors (Lipinski definition) is 4. The van der Waals surface area contributed by atoms with E-state index in [0.29, 0.717) is 19.6 Å². The Hall–Kier alpha value is 0.120. The topological polar surface area (TPSA) is 64.6 Å². The van der Waals surface area contributed by atoms with Gasteiger partial charge >= 0.3 is 0 Å². The van der Waals surface area contributed by atoms with Crippen LogP contribution in [0.2, 0.25) is 0 Å². The first-order chi connectivity index (χ1) is 5.97. The van der Waals surface area contributed by atoms with Crippen molar-refractivity contribution in [2.45, 2.75) is 12.0 Å². The molecule has 7 heteroatoms. The number of methoxy groups -OCH3 is 1. The van der Waals surface area contributed by atoms with Crippen molar-refractivity contribution >= 4 is 19.9 Å². The van der Waals surface area contributed by atoms with E-state index in [2.05, 4.69) is 4.72 Å². The standard InChI is InChI=1S/C6H12ClNO4S/c1-11-6(2-3-12-5-6)4-8-13(7,9)10/h8H,2-5H2,1H3. The van der Waals surface area contributed by atoms with Crippen LogP contribution in [0.15, 0.2) is 0 Å². The van der Waals surface area contributed by atoms with E-state index in [-0.39, 0.29) is 6.54 Å². The van der Waals surface area contributed by atoms with Crippen molar-refractivity contribution in [3.63, 3.8) is 0 Å². The SMILES string of the molecule is COC1(CNS(=O)(=O)Cl)CCOC1. The van der Waals surface area contributed by atoms with Crippen LogP contribution in [0.3, 0.4) is 0 Å². The van der Waals surface area contributed by atoms with Crippen molar-refractivity contribution in [2.24, 2.45) is 0 Å². The fraction of sp³-hybridized carbons (Fsp3) is 1.00. The molecule has 0 aromatic heterocycles. The first-order valence-electron chi connectivity index (χ1n) is 3.80. The van der Waals surface area contributed by atoms with Crippen LogP contribution < -0.4 is 4.72 Å². The van der Waals surface area contributed by atoms with Crippen LogP contribution in [0.4, 0.5) is 0 Å². The highest BCUT2D eigenvalue weighted by Crippen LogP contribution is 2.21. The maximum Gasteiger partial charge on any atom is 0.297 e. The van der Waals surface area contributed by atoms with Crippen LogP contribution in [-0.2, 0) is 18.7 Å². The number of nitrogens with one attached hydrogen (secondary N) is 1. The van der Waals surface area contributed by atoms with E-state index in [1.165, 1.54) is 7.11 Å². The Kier molecular flexibility index (Phi) is 3.53. The van der Waals surface area contributed by atoms with Crippen LogP contribution in [0, 0.1) is 0 Å². The van der Waals surface area contributed by atoms with Gasteiger partial charge in [0.2, 0.25) is 0 Å². The zero-order valence-corrected chi connectivity index (χ0v) is 8.82. The zero-order valence-electron chi connectivity index (χ0n) is 7.25. The molecule has 1 fully saturated rings. The number of rotatable bonds is 4. The fourth-order valence-corrected chi connectivity index (χ4v) is 1.78. The third-order valence-corrected chi connectivity index (χ3v) is 2.88. The van der Waals surface area contributed by atoms with Gasteiger partial charge in [0.1, 0.15) is 5.60 Å². The summed E-state index contributed by atoms with van der Waals surface area (Å²) in [6, 6.07) is 0. The van der Waals surface area contributed by atoms with E-state index in [9.17, 15) is 8.42 Å². The number of ether oxygens (including phenoxy) is 2. The van der Waals surface area contributed by atoms with Gasteiger partial charge in [-0.05, 0) is 0 Å². The van der Waals surface area contributed by atoms with Gasteiger partial charge in [0.05, 0.1) is 6.61 Å². The lowest BCUT2D eigenvalue weighted by Crippen LogP contribution is -2.43. The molecule has 0 bridgehead atoms. The summed E-state index contributed by atoms with van der Waals surface area (Å²) in [7, 11) is 2.85. The molecule has 1 unspecified atom stereocenters. The van der Waals surface area contributed by atoms with Gasteiger partial charge in [-0.3, -0.25) is 0 Å². The van der Waals surface area contributed by atoms with Gasteiger partial charge in [0.25, 0.3) is 9.24 Å². The van der Waals surface area contributed by atoms with E-state index in [1.54, 1.807) is 0 Å². The smallest absolute Gasteiger partial charge is 0.297 e. The van der Waals surface area contributed by atoms with Gasteiger partial charge < -0.3 is 9.47 Å². The summed E-state index contributed by atoms with van der Waals surface area (Å²) < 4.78 is 33.7. The third kappa shape index (κ3) is 3.40. The molecule has 1 N–H and O–H groups in total. The Morgan fingerprint density at radius 2 is 2.38 bits per heavy atom. The largest absolute Gasteiger partial charge is 0.378 e. The van der Waals surface area contributed by atoms with E-state index in [1.807, 2.05) is 0 Å². The van der Waals surface area contributed by atoms with Crippen LogP contribution in [0.1, 0.15) is 6.42 Å². The predicted octanol–water partition coefficient (Wildman–Crippen LogP) is -0.135. The first kappa shape index (κ1) is 11.2. The Balaban J connectivity index is 2.50. The molecular weight excluding hydrogens is 218 g/mol. The molecule has 0 aromatic rings. The molecule has 1 aliphatic heterocycles. The monoisotopic (exact) mass is 229 g/mol. The normalized spacial score (nSPS) is 29.4. The highest BCUT2D eigenvalue weighted by Gasteiger charge is 2.35. The lowest BCUT2D eigenvalue weighted by atomic mass is 10.0. The Bertz CT molecular complexity index is 260. The molecule has 1 saturated heterocycles. The van der Waals surface area contributed by atoms with Crippen molar-refractivity contribution in [1.82, 2.24) is 4.72 Å². The van der Waals surface area contributed by atoms with Gasteiger partial charge in [0.15, 0.2) is 0 Å². The van der Waals surface area contributed by atoms with Crippen LogP contribution in [0.5, 0.6) is 0 Å². The minimum atomic E-state index is -3.67. The summed E-state index contributed by atoms with van der Waals surface area (Å²) in [6.45, 7) is 1.12. The summed E-state index contributed by atoms with van der Waals surface area (Å²) >= 11 is 0. The third-order valence-electron chi connectivity index (χ3n) is 2.07. The Morgan fingerprint density at radius 3 is 2.77 bits per heavy atom. The predicted molar refractivity (Wildman–Crippen MR) is 48.0 cm³/mol. The molecule has 1 atom stereocenters. The molecule has 5 nitrogen and oxygen atoms in total. The Morgan fingerprint density at radius 1 is 1.69 bits per heavy atom. The highest BCUT2D eigenvalue weighted by molar-refractivity contribution is 8.12. The van der Waals surface area contributed by atoms with Crippen LogP contribution in [-0.4, -0.2) is 40.9 Å². The van der Waals surface area contributed by atoms with Gasteiger partial charge in [-0.25, -0.2) is 0 Å². The molecule has 13 heavy (non-hydrogen) atoms. The molecule has 1 aliphatic rings. The molecule has 0 aromatic carbocycles. The molecule has 1 rings (SSSR count). The second-order valence-corrected chi connectivity index (χ2v) is 5.33. The van der Waals surface area contributed by atoms with Gasteiger partial charge in [-0.1, -0.05) is 0 Å². The molecule has 1 heterocycles. The van der Waals surface area contributed by atoms with E-state index < -0.39 is 14.8 Å². The second kappa shape index (κ2) is 4.10. The van der Waals surface area contributed by atoms with Crippen molar-refractivity contribution in [1.29, 1.82) is 0 Å². The molecule has 78 valence electrons. The summed E-state index contributed by atoms with van der Waals surface area (Å²) in [4.78, 5) is 0. The summed E-state index contributed by atoms with van der Waals surface area (Å²) in [5.74, 6) is 0. The lowest BCUT2D eigenvalue weighted by molar-refractivity contribution is -0.0119. The van der Waals surface area contributed by atoms with Crippen LogP contribution >= 0.6 is 10.7 Å². The zero-order chi connectivity index (χ0) is 9.95. The number of halogens is 1. The van der Waals surface area contributed by atoms with Gasteiger partial charge in [0, 0.05) is 37.4 Å². The fourth-order valence-electron chi connectivity index (χ4n) is 1.18. The van der Waals surface area contributed by atoms with Crippen molar-refractivity contribution < 1.29 is 17.9 Å². The van der Waals surface area contributed by atoms with Gasteiger partial charge in [-0.15, -0.1) is 0 Å². The average molecular weight is 230 g/mol. The van der Waals surface area contributed by atoms with E-state index >= 15 is 0 Å². The molecule has 0 amide bonds. The molecule has 0 radical (unpaired) electrons. The maximum atomic E-state index is 10.6. The average Bonchev–Trinajstić information content (AvgIpc) is 2.49. The number of hydrogen-bond donors (Lipinski definition) is 1. The summed E-state index contributed by atoms with van der Waals surface area (Å²) in [5, 5.41) is 0. The van der Waals surface area contributed by atoms with Crippen molar-refractivity contribution in [2.75, 3.05) is 26.9 Å². The minimum absolute atomic E-state index is 0.148. The molecular formula is C6H12ClNO4S. The second-order valence-electron chi connectivity index (χ2n) is 2.95. The van der Waals surface area contributed by atoms with Crippen molar-refractivity contribution in [3.8, 4) is 0 Å². The maximum absolute atomic E-state index is 10.6. The van der Waals surface area contributed by atoms with Crippen LogP contribution in [0.25, 0.3) is 0 Å². The highest BCUT2D eigenvalue weighted by atomic mass is 35.7. The lowest BCUT2D eigenvalue weighted by Gasteiger charge is -2.24. The minimum Gasteiger partial charge on any atom is -0.378 e. The summed E-state index contributed by atoms with van der Waals surface area (Å²) in [5.41, 5.74) is -0.554. The van der Waals surface area contributed by atoms with Gasteiger partial charge in [-0.2, -0.15) is 13.1 Å². The molecule has 0 spiro atoms. The van der Waals surface area contributed by atoms with E-state index in [0.717, 1.165) is 0 Å². The summed E-state index contributed by atoms with van der Waals surface area (Å²) in [6.07, 6.45) is 0.670. The molecule has 0 aliphatic carbocycles. The molecule has 0 saturated carbocycles. The van der Waals surface area contributed by atoms with E-state index in [4.69, 9.17) is 20.2 Å². The van der Waals surface area contributed by atoms with Crippen molar-refractivity contribution in [3.05, 3.63) is 0 Å². The Labute approximate surface area is 81.9 Å².